The molecule has 0 aliphatic heterocycles. The van der Waals surface area contributed by atoms with Gasteiger partial charge in [-0.1, -0.05) is 23.7 Å². The lowest BCUT2D eigenvalue weighted by atomic mass is 9.96. The topological polar surface area (TPSA) is 116 Å². The lowest BCUT2D eigenvalue weighted by Gasteiger charge is -2.14. The van der Waals surface area contributed by atoms with Crippen LogP contribution in [0.15, 0.2) is 47.4 Å². The van der Waals surface area contributed by atoms with Crippen LogP contribution in [0.4, 0.5) is 0 Å². The smallest absolute Gasteiger partial charge is 0.320 e. The fraction of sp³-hybridized carbons (Fsp3) is 0.375. The molecule has 0 fully saturated rings. The molecule has 1 atom stereocenters. The number of ketones is 1. The van der Waals surface area contributed by atoms with E-state index in [9.17, 15) is 22.8 Å². The summed E-state index contributed by atoms with van der Waals surface area (Å²) in [4.78, 5) is 37.3. The van der Waals surface area contributed by atoms with E-state index in [1.807, 2.05) is 0 Å². The van der Waals surface area contributed by atoms with E-state index in [1.54, 1.807) is 32.0 Å². The first kappa shape index (κ1) is 25.9. The van der Waals surface area contributed by atoms with Gasteiger partial charge in [0.15, 0.2) is 11.7 Å². The van der Waals surface area contributed by atoms with E-state index in [-0.39, 0.29) is 30.6 Å². The second-order valence-electron chi connectivity index (χ2n) is 7.85. The quantitative estimate of drug-likeness (QED) is 0.298. The van der Waals surface area contributed by atoms with E-state index < -0.39 is 33.7 Å². The number of nitrogens with one attached hydrogen (secondary N) is 1. The third kappa shape index (κ3) is 6.22. The van der Waals surface area contributed by atoms with Crippen LogP contribution in [0.1, 0.15) is 41.8 Å². The molecule has 1 N–H and O–H groups in total. The largest absolute Gasteiger partial charge is 0.465 e. The molecule has 0 spiro atoms. The summed E-state index contributed by atoms with van der Waals surface area (Å²) in [5.74, 6) is -3.34. The molecule has 1 unspecified atom stereocenters. The molecule has 0 saturated carbocycles. The highest BCUT2D eigenvalue weighted by atomic mass is 35.5. The Morgan fingerprint density at radius 1 is 0.971 bits per heavy atom. The van der Waals surface area contributed by atoms with Crippen LogP contribution in [0.25, 0.3) is 0 Å². The Bertz CT molecular complexity index is 1160. The summed E-state index contributed by atoms with van der Waals surface area (Å²) >= 11 is 5.84. The molecule has 0 amide bonds. The highest BCUT2D eigenvalue weighted by Gasteiger charge is 2.33. The van der Waals surface area contributed by atoms with E-state index in [1.165, 1.54) is 24.3 Å². The predicted molar refractivity (Wildman–Crippen MR) is 125 cm³/mol. The van der Waals surface area contributed by atoms with Gasteiger partial charge in [0.2, 0.25) is 10.0 Å². The van der Waals surface area contributed by atoms with Crippen molar-refractivity contribution in [1.29, 1.82) is 0 Å². The van der Waals surface area contributed by atoms with Crippen molar-refractivity contribution in [2.45, 2.75) is 44.0 Å². The number of halogens is 1. The zero-order chi connectivity index (χ0) is 24.9. The number of rotatable bonds is 10. The maximum absolute atomic E-state index is 12.9. The first-order chi connectivity index (χ1) is 16.1. The number of ether oxygens (including phenoxy) is 2. The maximum Gasteiger partial charge on any atom is 0.320 e. The standard InChI is InChI=1S/C24H26ClNO7S/c1-3-32-23(28)21(24(29)33-4-2)14-22(27)16-6-5-15-12-19(13-17(15)11-16)26-34(30,31)20-9-7-18(25)8-10-20/h5-11,19,21,26H,3-4,12-14H2,1-2H3. The van der Waals surface area contributed by atoms with E-state index in [4.69, 9.17) is 21.1 Å². The van der Waals surface area contributed by atoms with Crippen molar-refractivity contribution in [2.24, 2.45) is 5.92 Å². The Morgan fingerprint density at radius 2 is 1.56 bits per heavy atom. The zero-order valence-electron chi connectivity index (χ0n) is 18.9. The SMILES string of the molecule is CCOC(=O)C(CC(=O)c1ccc2c(c1)CC(NS(=O)(=O)c1ccc(Cl)cc1)C2)C(=O)OCC. The second-order valence-corrected chi connectivity index (χ2v) is 10.00. The van der Waals surface area contributed by atoms with Crippen molar-refractivity contribution in [2.75, 3.05) is 13.2 Å². The number of esters is 2. The average molecular weight is 508 g/mol. The van der Waals surface area contributed by atoms with Crippen LogP contribution in [0, 0.1) is 5.92 Å². The number of hydrogen-bond acceptors (Lipinski definition) is 7. The van der Waals surface area contributed by atoms with Gasteiger partial charge in [0.1, 0.15) is 0 Å². The summed E-state index contributed by atoms with van der Waals surface area (Å²) in [5.41, 5.74) is 2.09. The van der Waals surface area contributed by atoms with E-state index in [2.05, 4.69) is 4.72 Å². The van der Waals surface area contributed by atoms with Crippen molar-refractivity contribution in [3.63, 3.8) is 0 Å². The van der Waals surface area contributed by atoms with Gasteiger partial charge in [-0.2, -0.15) is 0 Å². The molecule has 2 aromatic carbocycles. The minimum Gasteiger partial charge on any atom is -0.465 e. The van der Waals surface area contributed by atoms with Crippen LogP contribution in [0.2, 0.25) is 5.02 Å². The zero-order valence-corrected chi connectivity index (χ0v) is 20.4. The molecule has 0 heterocycles. The molecule has 1 aliphatic rings. The van der Waals surface area contributed by atoms with Gasteiger partial charge in [-0.3, -0.25) is 14.4 Å². The Kier molecular flexibility index (Phi) is 8.46. The van der Waals surface area contributed by atoms with E-state index in [0.29, 0.717) is 23.4 Å². The van der Waals surface area contributed by atoms with E-state index in [0.717, 1.165) is 11.1 Å². The summed E-state index contributed by atoms with van der Waals surface area (Å²) in [7, 11) is -3.73. The maximum atomic E-state index is 12.9. The van der Waals surface area contributed by atoms with Crippen LogP contribution < -0.4 is 4.72 Å². The normalized spacial score (nSPS) is 15.1. The van der Waals surface area contributed by atoms with Crippen LogP contribution in [0.5, 0.6) is 0 Å². The van der Waals surface area contributed by atoms with Crippen molar-refractivity contribution in [1.82, 2.24) is 4.72 Å². The van der Waals surface area contributed by atoms with Crippen molar-refractivity contribution in [3.05, 3.63) is 64.2 Å². The van der Waals surface area contributed by atoms with Gasteiger partial charge in [-0.25, -0.2) is 13.1 Å². The molecule has 2 aromatic rings. The van der Waals surface area contributed by atoms with Crippen LogP contribution in [-0.2, 0) is 41.9 Å². The Hall–Kier alpha value is -2.75. The number of carbonyl (C=O) groups is 3. The molecule has 1 aliphatic carbocycles. The molecular formula is C24H26ClNO7S. The monoisotopic (exact) mass is 507 g/mol. The minimum atomic E-state index is -3.73. The minimum absolute atomic E-state index is 0.0785. The molecule has 182 valence electrons. The number of benzene rings is 2. The molecule has 3 rings (SSSR count). The third-order valence-electron chi connectivity index (χ3n) is 5.44. The number of hydrogen-bond donors (Lipinski definition) is 1. The van der Waals surface area contributed by atoms with Gasteiger partial charge >= 0.3 is 11.9 Å². The molecule has 10 heteroatoms. The molecule has 0 bridgehead atoms. The second kappa shape index (κ2) is 11.1. The van der Waals surface area contributed by atoms with E-state index >= 15 is 0 Å². The van der Waals surface area contributed by atoms with Gasteiger partial charge in [0, 0.05) is 23.0 Å². The summed E-state index contributed by atoms with van der Waals surface area (Å²) < 4.78 is 37.9. The summed E-state index contributed by atoms with van der Waals surface area (Å²) in [6, 6.07) is 10.6. The Morgan fingerprint density at radius 3 is 2.15 bits per heavy atom. The third-order valence-corrected chi connectivity index (χ3v) is 7.23. The van der Waals surface area contributed by atoms with Gasteiger partial charge in [0.05, 0.1) is 18.1 Å². The first-order valence-corrected chi connectivity index (χ1v) is 12.8. The highest BCUT2D eigenvalue weighted by Crippen LogP contribution is 2.26. The fourth-order valence-electron chi connectivity index (χ4n) is 3.83. The Balaban J connectivity index is 1.70. The molecule has 0 radical (unpaired) electrons. The van der Waals surface area contributed by atoms with Gasteiger partial charge in [0.25, 0.3) is 0 Å². The molecular weight excluding hydrogens is 482 g/mol. The summed E-state index contributed by atoms with van der Waals surface area (Å²) in [6.45, 7) is 3.38. The fourth-order valence-corrected chi connectivity index (χ4v) is 5.19. The number of fused-ring (bicyclic) bond motifs is 1. The van der Waals surface area contributed by atoms with Crippen LogP contribution in [0.3, 0.4) is 0 Å². The van der Waals surface area contributed by atoms with Crippen LogP contribution >= 0.6 is 11.6 Å². The lowest BCUT2D eigenvalue weighted by molar-refractivity contribution is -0.161. The van der Waals surface area contributed by atoms with Crippen molar-refractivity contribution >= 4 is 39.3 Å². The molecule has 0 saturated heterocycles. The van der Waals surface area contributed by atoms with Crippen LogP contribution in [-0.4, -0.2) is 45.4 Å². The summed E-state index contributed by atoms with van der Waals surface area (Å²) in [5, 5.41) is 0.442. The van der Waals surface area contributed by atoms with Crippen molar-refractivity contribution in [3.8, 4) is 0 Å². The summed E-state index contributed by atoms with van der Waals surface area (Å²) in [6.07, 6.45) is 0.510. The highest BCUT2D eigenvalue weighted by molar-refractivity contribution is 7.89. The first-order valence-electron chi connectivity index (χ1n) is 10.9. The van der Waals surface area contributed by atoms with Gasteiger partial charge in [-0.05, 0) is 68.1 Å². The molecule has 0 aromatic heterocycles. The molecule has 8 nitrogen and oxygen atoms in total. The van der Waals surface area contributed by atoms with Gasteiger partial charge in [-0.15, -0.1) is 0 Å². The number of Topliss-reactive ketones (excluding diaryl/α,β-unsaturated/α-hetero) is 1. The number of sulfonamides is 1. The number of carbonyl (C=O) groups excluding carboxylic acids is 3. The molecule has 34 heavy (non-hydrogen) atoms. The lowest BCUT2D eigenvalue weighted by Crippen LogP contribution is -2.35. The Labute approximate surface area is 203 Å². The average Bonchev–Trinajstić information content (AvgIpc) is 3.18. The van der Waals surface area contributed by atoms with Gasteiger partial charge < -0.3 is 9.47 Å². The van der Waals surface area contributed by atoms with Crippen molar-refractivity contribution < 1.29 is 32.3 Å². The predicted octanol–water partition coefficient (Wildman–Crippen LogP) is 3.10.